The summed E-state index contributed by atoms with van der Waals surface area (Å²) in [7, 11) is 0. The summed E-state index contributed by atoms with van der Waals surface area (Å²) in [4.78, 5) is 15.9. The standard InChI is InChI=1S/C65H39N3O2/c1-3-16-41(17-4-1)55-39-56(42-34-32-40(33-35-42)48-27-15-28-50-49-24-8-11-30-57(49)70-64(48)50)68-65(67-55)47-23-14-21-45(37-47)44-20-13-22-46(36-44)63-53-38-59-62(52-26-9-12-31-58(52)69-59)60(43-18-5-2-6-19-43)61(53)51-25-7-10-29-54(51)66-63/h1-39H. The van der Waals surface area contributed by atoms with Crippen molar-refractivity contribution >= 4 is 65.6 Å². The molecule has 14 rings (SSSR count). The van der Waals surface area contributed by atoms with E-state index in [0.717, 1.165) is 138 Å². The monoisotopic (exact) mass is 893 g/mol. The molecular formula is C65H39N3O2. The van der Waals surface area contributed by atoms with E-state index in [-0.39, 0.29) is 0 Å². The van der Waals surface area contributed by atoms with Gasteiger partial charge in [0.25, 0.3) is 0 Å². The van der Waals surface area contributed by atoms with Gasteiger partial charge in [0.05, 0.1) is 22.6 Å². The molecule has 14 aromatic rings. The first-order valence-corrected chi connectivity index (χ1v) is 23.6. The zero-order chi connectivity index (χ0) is 46.1. The van der Waals surface area contributed by atoms with Crippen molar-refractivity contribution in [1.82, 2.24) is 15.0 Å². The van der Waals surface area contributed by atoms with Crippen LogP contribution in [0.4, 0.5) is 0 Å². The van der Waals surface area contributed by atoms with Gasteiger partial charge in [0.2, 0.25) is 0 Å². The molecule has 4 heterocycles. The second-order valence-corrected chi connectivity index (χ2v) is 17.8. The summed E-state index contributed by atoms with van der Waals surface area (Å²) in [5.41, 5.74) is 17.5. The highest BCUT2D eigenvalue weighted by molar-refractivity contribution is 6.27. The van der Waals surface area contributed by atoms with Crippen LogP contribution in [0.15, 0.2) is 245 Å². The molecule has 0 aliphatic heterocycles. The Kier molecular flexibility index (Phi) is 9.14. The van der Waals surface area contributed by atoms with Crippen molar-refractivity contribution in [3.63, 3.8) is 0 Å². The van der Waals surface area contributed by atoms with E-state index < -0.39 is 0 Å². The van der Waals surface area contributed by atoms with Gasteiger partial charge in [0.1, 0.15) is 22.3 Å². The SMILES string of the molecule is c1ccc(-c2cc(-c3ccc(-c4cccc5c4oc4ccccc45)cc3)nc(-c3cccc(-c4cccc(-c5nc6ccccc6c6c(-c7ccccc7)c7c(cc56)oc5ccccc57)c4)c3)n2)cc1. The normalized spacial score (nSPS) is 11.7. The number of pyridine rings is 1. The van der Waals surface area contributed by atoms with E-state index in [1.165, 1.54) is 0 Å². The fraction of sp³-hybridized carbons (Fsp3) is 0. The molecule has 5 heteroatoms. The largest absolute Gasteiger partial charge is 0.456 e. The quantitative estimate of drug-likeness (QED) is 0.149. The Morgan fingerprint density at radius 2 is 0.829 bits per heavy atom. The van der Waals surface area contributed by atoms with Crippen molar-refractivity contribution in [2.24, 2.45) is 0 Å². The molecule has 0 saturated heterocycles. The highest BCUT2D eigenvalue weighted by atomic mass is 16.3. The number of fused-ring (bicyclic) bond motifs is 9. The van der Waals surface area contributed by atoms with E-state index in [9.17, 15) is 0 Å². The van der Waals surface area contributed by atoms with Crippen LogP contribution in [0.5, 0.6) is 0 Å². The molecule has 0 bridgehead atoms. The van der Waals surface area contributed by atoms with Crippen LogP contribution in [0.3, 0.4) is 0 Å². The molecule has 0 atom stereocenters. The Labute approximate surface area is 402 Å². The van der Waals surface area contributed by atoms with Gasteiger partial charge in [-0.25, -0.2) is 15.0 Å². The number of para-hydroxylation sites is 4. The van der Waals surface area contributed by atoms with Gasteiger partial charge < -0.3 is 8.83 Å². The van der Waals surface area contributed by atoms with Gasteiger partial charge in [-0.15, -0.1) is 0 Å². The molecule has 70 heavy (non-hydrogen) atoms. The van der Waals surface area contributed by atoms with Crippen LogP contribution >= 0.6 is 0 Å². The molecule has 0 fully saturated rings. The lowest BCUT2D eigenvalue weighted by Crippen LogP contribution is -1.96. The number of rotatable bonds is 7. The number of hydrogen-bond acceptors (Lipinski definition) is 5. The van der Waals surface area contributed by atoms with Gasteiger partial charge in [0, 0.05) is 71.1 Å². The molecule has 0 aliphatic carbocycles. The second-order valence-electron chi connectivity index (χ2n) is 17.8. The van der Waals surface area contributed by atoms with Gasteiger partial charge in [-0.05, 0) is 64.7 Å². The molecular weight excluding hydrogens is 855 g/mol. The van der Waals surface area contributed by atoms with Crippen LogP contribution < -0.4 is 0 Å². The minimum Gasteiger partial charge on any atom is -0.456 e. The minimum atomic E-state index is 0.649. The molecule has 0 amide bonds. The Morgan fingerprint density at radius 1 is 0.286 bits per heavy atom. The summed E-state index contributed by atoms with van der Waals surface area (Å²) in [6.07, 6.45) is 0. The average Bonchev–Trinajstić information content (AvgIpc) is 4.01. The topological polar surface area (TPSA) is 65.0 Å². The maximum atomic E-state index is 6.65. The van der Waals surface area contributed by atoms with E-state index in [1.54, 1.807) is 0 Å². The van der Waals surface area contributed by atoms with E-state index in [2.05, 4.69) is 200 Å². The fourth-order valence-corrected chi connectivity index (χ4v) is 10.4. The second kappa shape index (κ2) is 16.1. The van der Waals surface area contributed by atoms with Gasteiger partial charge >= 0.3 is 0 Å². The predicted molar refractivity (Wildman–Crippen MR) is 287 cm³/mol. The Hall–Kier alpha value is -9.45. The number of hydrogen-bond donors (Lipinski definition) is 0. The van der Waals surface area contributed by atoms with E-state index >= 15 is 0 Å². The summed E-state index contributed by atoms with van der Waals surface area (Å²) in [5, 5.41) is 7.73. The third-order valence-electron chi connectivity index (χ3n) is 13.7. The third kappa shape index (κ3) is 6.59. The summed E-state index contributed by atoms with van der Waals surface area (Å²) in [6, 6.07) is 82.5. The van der Waals surface area contributed by atoms with Gasteiger partial charge in [-0.1, -0.05) is 194 Å². The summed E-state index contributed by atoms with van der Waals surface area (Å²) in [6.45, 7) is 0. The maximum Gasteiger partial charge on any atom is 0.160 e. The lowest BCUT2D eigenvalue weighted by atomic mass is 9.89. The summed E-state index contributed by atoms with van der Waals surface area (Å²) >= 11 is 0. The van der Waals surface area contributed by atoms with Crippen molar-refractivity contribution in [3.8, 4) is 78.5 Å². The first-order chi connectivity index (χ1) is 34.7. The van der Waals surface area contributed by atoms with Crippen molar-refractivity contribution in [2.75, 3.05) is 0 Å². The molecule has 4 aromatic heterocycles. The first-order valence-electron chi connectivity index (χ1n) is 23.6. The fourth-order valence-electron chi connectivity index (χ4n) is 10.4. The van der Waals surface area contributed by atoms with E-state index in [4.69, 9.17) is 23.8 Å². The Bertz CT molecular complexity index is 4340. The number of furan rings is 2. The summed E-state index contributed by atoms with van der Waals surface area (Å²) < 4.78 is 13.1. The molecule has 0 N–H and O–H groups in total. The molecule has 0 spiro atoms. The zero-order valence-corrected chi connectivity index (χ0v) is 37.7. The van der Waals surface area contributed by atoms with Crippen LogP contribution in [0.2, 0.25) is 0 Å². The highest BCUT2D eigenvalue weighted by Crippen LogP contribution is 2.47. The molecule has 0 saturated carbocycles. The lowest BCUT2D eigenvalue weighted by Gasteiger charge is -2.16. The van der Waals surface area contributed by atoms with Crippen LogP contribution in [-0.4, -0.2) is 15.0 Å². The smallest absolute Gasteiger partial charge is 0.160 e. The average molecular weight is 894 g/mol. The van der Waals surface area contributed by atoms with Crippen LogP contribution in [0, 0.1) is 0 Å². The van der Waals surface area contributed by atoms with E-state index in [1.807, 2.05) is 36.4 Å². The maximum absolute atomic E-state index is 6.65. The minimum absolute atomic E-state index is 0.649. The van der Waals surface area contributed by atoms with Crippen molar-refractivity contribution in [2.45, 2.75) is 0 Å². The molecule has 0 radical (unpaired) electrons. The predicted octanol–water partition coefficient (Wildman–Crippen LogP) is 17.6. The molecule has 10 aromatic carbocycles. The van der Waals surface area contributed by atoms with Crippen LogP contribution in [0.25, 0.3) is 144 Å². The third-order valence-corrected chi connectivity index (χ3v) is 13.7. The van der Waals surface area contributed by atoms with Crippen LogP contribution in [-0.2, 0) is 0 Å². The molecule has 5 nitrogen and oxygen atoms in total. The van der Waals surface area contributed by atoms with Crippen molar-refractivity contribution in [3.05, 3.63) is 237 Å². The van der Waals surface area contributed by atoms with Crippen molar-refractivity contribution in [1.29, 1.82) is 0 Å². The molecule has 0 aliphatic rings. The molecule has 0 unspecified atom stereocenters. The molecule has 326 valence electrons. The summed E-state index contributed by atoms with van der Waals surface area (Å²) in [5.74, 6) is 0.649. The van der Waals surface area contributed by atoms with Crippen LogP contribution in [0.1, 0.15) is 0 Å². The Morgan fingerprint density at radius 3 is 1.59 bits per heavy atom. The number of aromatic nitrogens is 3. The van der Waals surface area contributed by atoms with Crippen molar-refractivity contribution < 1.29 is 8.83 Å². The zero-order valence-electron chi connectivity index (χ0n) is 37.7. The highest BCUT2D eigenvalue weighted by Gasteiger charge is 2.22. The van der Waals surface area contributed by atoms with E-state index in [0.29, 0.717) is 5.82 Å². The number of benzene rings is 10. The number of nitrogens with zero attached hydrogens (tertiary/aromatic N) is 3. The van der Waals surface area contributed by atoms with Gasteiger partial charge in [-0.3, -0.25) is 0 Å². The lowest BCUT2D eigenvalue weighted by molar-refractivity contribution is 0.669. The van der Waals surface area contributed by atoms with Gasteiger partial charge in [0.15, 0.2) is 5.82 Å². The first kappa shape index (κ1) is 39.7. The van der Waals surface area contributed by atoms with Gasteiger partial charge in [-0.2, -0.15) is 0 Å². The Balaban J connectivity index is 0.885.